The first kappa shape index (κ1) is 20.5. The second-order valence-corrected chi connectivity index (χ2v) is 8.75. The van der Waals surface area contributed by atoms with Gasteiger partial charge in [0.25, 0.3) is 0 Å². The molecule has 0 radical (unpaired) electrons. The van der Waals surface area contributed by atoms with Gasteiger partial charge in [-0.25, -0.2) is 4.39 Å². The maximum Gasteiger partial charge on any atom is 0.320 e. The van der Waals surface area contributed by atoms with Crippen molar-refractivity contribution in [2.24, 2.45) is 29.1 Å². The molecule has 4 rings (SSSR count). The van der Waals surface area contributed by atoms with Gasteiger partial charge in [0.2, 0.25) is 0 Å². The van der Waals surface area contributed by atoms with E-state index in [1.807, 2.05) is 31.2 Å². The van der Waals surface area contributed by atoms with Crippen LogP contribution in [-0.2, 0) is 14.3 Å². The van der Waals surface area contributed by atoms with E-state index in [0.29, 0.717) is 12.3 Å². The molecule has 2 aliphatic rings. The van der Waals surface area contributed by atoms with Crippen molar-refractivity contribution in [3.63, 3.8) is 0 Å². The van der Waals surface area contributed by atoms with Gasteiger partial charge in [0, 0.05) is 17.7 Å². The Morgan fingerprint density at radius 2 is 1.97 bits per heavy atom. The summed E-state index contributed by atoms with van der Waals surface area (Å²) in [5.74, 6) is -0.269. The second kappa shape index (κ2) is 7.78. The molecule has 1 aromatic carbocycles. The molecule has 1 aromatic heterocycles. The van der Waals surface area contributed by atoms with Crippen molar-refractivity contribution in [3.05, 3.63) is 60.2 Å². The van der Waals surface area contributed by atoms with Crippen molar-refractivity contribution in [2.75, 3.05) is 0 Å². The molecule has 4 nitrogen and oxygen atoms in total. The van der Waals surface area contributed by atoms with Crippen LogP contribution in [0.2, 0.25) is 0 Å². The van der Waals surface area contributed by atoms with Crippen LogP contribution in [0.5, 0.6) is 0 Å². The Balaban J connectivity index is 1.60. The van der Waals surface area contributed by atoms with Crippen molar-refractivity contribution in [1.29, 1.82) is 0 Å². The fourth-order valence-electron chi connectivity index (χ4n) is 5.23. The van der Waals surface area contributed by atoms with E-state index in [9.17, 15) is 14.0 Å². The molecule has 0 bridgehead atoms. The van der Waals surface area contributed by atoms with Crippen molar-refractivity contribution in [1.82, 2.24) is 4.98 Å². The largest absolute Gasteiger partial charge is 0.462 e. The lowest BCUT2D eigenvalue weighted by atomic mass is 9.55. The molecular formula is C25H26FNO3. The van der Waals surface area contributed by atoms with Crippen LogP contribution < -0.4 is 0 Å². The van der Waals surface area contributed by atoms with E-state index in [0.717, 1.165) is 23.1 Å². The highest BCUT2D eigenvalue weighted by Gasteiger charge is 2.62. The Labute approximate surface area is 176 Å². The second-order valence-electron chi connectivity index (χ2n) is 8.75. The van der Waals surface area contributed by atoms with Crippen molar-refractivity contribution in [3.8, 4) is 11.1 Å². The highest BCUT2D eigenvalue weighted by atomic mass is 19.1. The third-order valence-electron chi connectivity index (χ3n) is 7.00. The van der Waals surface area contributed by atoms with Crippen LogP contribution in [0.1, 0.15) is 32.9 Å². The molecule has 1 saturated heterocycles. The summed E-state index contributed by atoms with van der Waals surface area (Å²) in [6.07, 6.45) is 6.80. The number of esters is 1. The molecule has 1 saturated carbocycles. The number of nitrogens with zero attached hydrogens (tertiary/aromatic N) is 1. The Kier molecular flexibility index (Phi) is 5.31. The maximum absolute atomic E-state index is 13.5. The number of halogens is 1. The van der Waals surface area contributed by atoms with E-state index in [-0.39, 0.29) is 35.6 Å². The Bertz CT molecular complexity index is 986. The zero-order valence-corrected chi connectivity index (χ0v) is 17.4. The number of hydrogen-bond donors (Lipinski definition) is 0. The first-order valence-corrected chi connectivity index (χ1v) is 10.4. The minimum absolute atomic E-state index is 0.0325. The summed E-state index contributed by atoms with van der Waals surface area (Å²) in [5.41, 5.74) is 1.35. The van der Waals surface area contributed by atoms with Crippen molar-refractivity contribution >= 4 is 18.3 Å². The molecule has 0 spiro atoms. The molecule has 1 aliphatic heterocycles. The zero-order chi connectivity index (χ0) is 21.5. The van der Waals surface area contributed by atoms with Crippen LogP contribution in [0.15, 0.2) is 48.7 Å². The van der Waals surface area contributed by atoms with E-state index in [1.165, 1.54) is 12.1 Å². The first-order valence-electron chi connectivity index (χ1n) is 10.4. The lowest BCUT2D eigenvalue weighted by molar-refractivity contribution is -0.152. The molecule has 0 amide bonds. The van der Waals surface area contributed by atoms with Gasteiger partial charge in [0.1, 0.15) is 23.6 Å². The summed E-state index contributed by atoms with van der Waals surface area (Å²) >= 11 is 0. The fourth-order valence-corrected chi connectivity index (χ4v) is 5.23. The number of carbonyl (C=O) groups is 2. The Morgan fingerprint density at radius 3 is 2.63 bits per heavy atom. The minimum atomic E-state index is -1.05. The third kappa shape index (κ3) is 3.36. The number of fused-ring (bicyclic) bond motifs is 1. The van der Waals surface area contributed by atoms with Gasteiger partial charge in [-0.15, -0.1) is 0 Å². The molecule has 156 valence electrons. The molecule has 30 heavy (non-hydrogen) atoms. The van der Waals surface area contributed by atoms with Crippen LogP contribution in [0, 0.1) is 34.9 Å². The number of allylic oxidation sites excluding steroid dienone is 1. The first-order chi connectivity index (χ1) is 14.4. The number of rotatable bonds is 4. The van der Waals surface area contributed by atoms with Crippen LogP contribution in [0.3, 0.4) is 0 Å². The average Bonchev–Trinajstić information content (AvgIpc) is 2.98. The molecule has 5 heteroatoms. The summed E-state index contributed by atoms with van der Waals surface area (Å²) in [7, 11) is 0. The number of aldehydes is 1. The number of pyridine rings is 1. The van der Waals surface area contributed by atoms with Crippen LogP contribution in [-0.4, -0.2) is 23.3 Å². The predicted molar refractivity (Wildman–Crippen MR) is 113 cm³/mol. The van der Waals surface area contributed by atoms with Crippen molar-refractivity contribution in [2.45, 2.75) is 33.3 Å². The van der Waals surface area contributed by atoms with Crippen LogP contribution >= 0.6 is 0 Å². The normalized spacial score (nSPS) is 33.3. The monoisotopic (exact) mass is 407 g/mol. The molecule has 2 fully saturated rings. The standard InChI is InChI=1S/C25H26FNO3/c1-15-12-25(14-28)23(17(3)30-24(25)29)22(16(15)2)10-9-21-8-7-19(13-27-21)18-5-4-6-20(26)11-18/h4-11,13-17,22-23H,12H2,1-3H3/t15-,16+,17+,22-,23-,25-/m0/s1. The molecule has 2 heterocycles. The number of cyclic esters (lactones) is 1. The van der Waals surface area contributed by atoms with Gasteiger partial charge >= 0.3 is 5.97 Å². The molecular weight excluding hydrogens is 381 g/mol. The van der Waals surface area contributed by atoms with Gasteiger partial charge in [-0.1, -0.05) is 38.1 Å². The molecule has 1 aliphatic carbocycles. The van der Waals surface area contributed by atoms with Crippen molar-refractivity contribution < 1.29 is 18.7 Å². The van der Waals surface area contributed by atoms with E-state index in [4.69, 9.17) is 4.74 Å². The van der Waals surface area contributed by atoms with Crippen LogP contribution in [0.25, 0.3) is 17.2 Å². The van der Waals surface area contributed by atoms with Gasteiger partial charge in [-0.2, -0.15) is 0 Å². The van der Waals surface area contributed by atoms with Gasteiger partial charge in [-0.05, 0) is 60.9 Å². The lowest BCUT2D eigenvalue weighted by Crippen LogP contribution is -2.48. The molecule has 0 unspecified atom stereocenters. The summed E-state index contributed by atoms with van der Waals surface area (Å²) < 4.78 is 19.0. The molecule has 2 aromatic rings. The van der Waals surface area contributed by atoms with E-state index in [1.54, 1.807) is 12.3 Å². The average molecular weight is 407 g/mol. The number of benzene rings is 1. The Hall–Kier alpha value is -2.82. The molecule has 0 N–H and O–H groups in total. The molecule has 6 atom stereocenters. The topological polar surface area (TPSA) is 56.3 Å². The summed E-state index contributed by atoms with van der Waals surface area (Å²) in [5, 5.41) is 0. The van der Waals surface area contributed by atoms with E-state index < -0.39 is 5.41 Å². The number of ether oxygens (including phenoxy) is 1. The van der Waals surface area contributed by atoms with Gasteiger partial charge in [0.05, 0.1) is 5.69 Å². The number of hydrogen-bond acceptors (Lipinski definition) is 4. The summed E-state index contributed by atoms with van der Waals surface area (Å²) in [6, 6.07) is 10.2. The highest BCUT2D eigenvalue weighted by Crippen LogP contribution is 2.55. The zero-order valence-electron chi connectivity index (χ0n) is 17.4. The number of aromatic nitrogens is 1. The quantitative estimate of drug-likeness (QED) is 0.409. The Morgan fingerprint density at radius 1 is 1.17 bits per heavy atom. The van der Waals surface area contributed by atoms with Crippen LogP contribution in [0.4, 0.5) is 4.39 Å². The lowest BCUT2D eigenvalue weighted by Gasteiger charge is -2.44. The fraction of sp³-hybridized carbons (Fsp3) is 0.400. The summed E-state index contributed by atoms with van der Waals surface area (Å²) in [6.45, 7) is 6.14. The summed E-state index contributed by atoms with van der Waals surface area (Å²) in [4.78, 5) is 29.0. The minimum Gasteiger partial charge on any atom is -0.462 e. The highest BCUT2D eigenvalue weighted by molar-refractivity contribution is 5.95. The smallest absolute Gasteiger partial charge is 0.320 e. The SMILES string of the molecule is C[C@H]1[C@H](C=Cc2ccc(-c3cccc(F)c3)cn2)[C@@H]2[C@@H](C)OC(=O)[C@]2(C=O)C[C@@H]1C. The van der Waals surface area contributed by atoms with Gasteiger partial charge < -0.3 is 9.53 Å². The van der Waals surface area contributed by atoms with E-state index >= 15 is 0 Å². The predicted octanol–water partition coefficient (Wildman–Crippen LogP) is 4.94. The third-order valence-corrected chi connectivity index (χ3v) is 7.00. The maximum atomic E-state index is 13.5. The van der Waals surface area contributed by atoms with Gasteiger partial charge in [-0.3, -0.25) is 9.78 Å². The van der Waals surface area contributed by atoms with E-state index in [2.05, 4.69) is 24.9 Å². The number of carbonyl (C=O) groups excluding carboxylic acids is 2. The van der Waals surface area contributed by atoms with Gasteiger partial charge in [0.15, 0.2) is 0 Å².